The number of aryl methyl sites for hydroxylation is 1. The lowest BCUT2D eigenvalue weighted by Gasteiger charge is -2.12. The Morgan fingerprint density at radius 1 is 0.931 bits per heavy atom. The molecule has 3 aromatic rings. The molecule has 2 N–H and O–H groups in total. The summed E-state index contributed by atoms with van der Waals surface area (Å²) in [6, 6.07) is 15.6. The Bertz CT molecular complexity index is 1030. The van der Waals surface area contributed by atoms with E-state index < -0.39 is 5.97 Å². The molecule has 3 rings (SSSR count). The zero-order valence-corrected chi connectivity index (χ0v) is 16.4. The van der Waals surface area contributed by atoms with E-state index in [0.717, 1.165) is 11.3 Å². The van der Waals surface area contributed by atoms with Gasteiger partial charge in [0.25, 0.3) is 5.91 Å². The first-order chi connectivity index (χ1) is 14.0. The lowest BCUT2D eigenvalue weighted by molar-refractivity contribution is 0.0600. The monoisotopic (exact) mass is 391 g/mol. The molecule has 7 heteroatoms. The Balaban J connectivity index is 1.74. The van der Waals surface area contributed by atoms with Crippen molar-refractivity contribution < 1.29 is 19.1 Å². The molecule has 0 spiro atoms. The molecular weight excluding hydrogens is 370 g/mol. The first-order valence-electron chi connectivity index (χ1n) is 8.87. The third-order valence-electron chi connectivity index (χ3n) is 4.20. The topological polar surface area (TPSA) is 89.5 Å². The summed E-state index contributed by atoms with van der Waals surface area (Å²) < 4.78 is 9.99. The van der Waals surface area contributed by atoms with Crippen LogP contribution in [0.4, 0.5) is 17.2 Å². The van der Waals surface area contributed by atoms with Crippen molar-refractivity contribution in [3.05, 3.63) is 77.5 Å². The third kappa shape index (κ3) is 4.90. The van der Waals surface area contributed by atoms with Crippen molar-refractivity contribution >= 4 is 29.1 Å². The smallest absolute Gasteiger partial charge is 0.337 e. The van der Waals surface area contributed by atoms with Gasteiger partial charge in [0.1, 0.15) is 11.6 Å². The quantitative estimate of drug-likeness (QED) is 0.613. The van der Waals surface area contributed by atoms with E-state index in [1.54, 1.807) is 49.7 Å². The number of nitrogens with one attached hydrogen (secondary N) is 2. The summed E-state index contributed by atoms with van der Waals surface area (Å²) in [4.78, 5) is 28.4. The molecule has 0 aliphatic heterocycles. The summed E-state index contributed by atoms with van der Waals surface area (Å²) >= 11 is 0. The maximum atomic E-state index is 12.7. The average Bonchev–Trinajstić information content (AvgIpc) is 2.74. The van der Waals surface area contributed by atoms with Gasteiger partial charge in [-0.2, -0.15) is 0 Å². The molecule has 29 heavy (non-hydrogen) atoms. The van der Waals surface area contributed by atoms with Crippen LogP contribution in [0.2, 0.25) is 0 Å². The number of methoxy groups -OCH3 is 2. The minimum Gasteiger partial charge on any atom is -0.495 e. The maximum Gasteiger partial charge on any atom is 0.337 e. The van der Waals surface area contributed by atoms with E-state index in [0.29, 0.717) is 28.4 Å². The second kappa shape index (κ2) is 8.88. The molecule has 0 bridgehead atoms. The van der Waals surface area contributed by atoms with Crippen LogP contribution < -0.4 is 15.4 Å². The second-order valence-electron chi connectivity index (χ2n) is 6.28. The predicted octanol–water partition coefficient (Wildman–Crippen LogP) is 4.18. The van der Waals surface area contributed by atoms with E-state index in [2.05, 4.69) is 20.4 Å². The van der Waals surface area contributed by atoms with Crippen LogP contribution in [-0.2, 0) is 4.74 Å². The van der Waals surface area contributed by atoms with Crippen LogP contribution in [0.5, 0.6) is 5.75 Å². The van der Waals surface area contributed by atoms with Gasteiger partial charge in [-0.15, -0.1) is 0 Å². The minimum absolute atomic E-state index is 0.277. The molecule has 1 aromatic heterocycles. The number of pyridine rings is 1. The normalized spacial score (nSPS) is 10.2. The molecule has 0 saturated carbocycles. The van der Waals surface area contributed by atoms with Crippen LogP contribution in [0.3, 0.4) is 0 Å². The van der Waals surface area contributed by atoms with Gasteiger partial charge in [-0.05, 0) is 61.0 Å². The van der Waals surface area contributed by atoms with Crippen LogP contribution in [0.25, 0.3) is 0 Å². The van der Waals surface area contributed by atoms with Crippen molar-refractivity contribution in [2.75, 3.05) is 24.9 Å². The van der Waals surface area contributed by atoms with Crippen molar-refractivity contribution in [2.24, 2.45) is 0 Å². The number of ether oxygens (including phenoxy) is 2. The van der Waals surface area contributed by atoms with Crippen LogP contribution in [-0.4, -0.2) is 31.1 Å². The Labute approximate surface area is 168 Å². The van der Waals surface area contributed by atoms with Gasteiger partial charge in [-0.25, -0.2) is 9.78 Å². The Hall–Kier alpha value is -3.87. The number of amides is 1. The SMILES string of the molecule is COC(=O)c1ccc(Nc2cc(C(=O)Nc3cc(C)ccc3OC)ccn2)cc1. The van der Waals surface area contributed by atoms with Gasteiger partial charge < -0.3 is 20.1 Å². The summed E-state index contributed by atoms with van der Waals surface area (Å²) in [5.74, 6) is 0.405. The van der Waals surface area contributed by atoms with Gasteiger partial charge in [0.2, 0.25) is 0 Å². The molecule has 0 fully saturated rings. The molecule has 0 unspecified atom stereocenters. The molecule has 1 heterocycles. The van der Waals surface area contributed by atoms with Crippen LogP contribution >= 0.6 is 0 Å². The van der Waals surface area contributed by atoms with Crippen LogP contribution in [0.1, 0.15) is 26.3 Å². The van der Waals surface area contributed by atoms with E-state index >= 15 is 0 Å². The van der Waals surface area contributed by atoms with Crippen LogP contribution in [0.15, 0.2) is 60.8 Å². The molecule has 2 aromatic carbocycles. The van der Waals surface area contributed by atoms with Gasteiger partial charge in [0.05, 0.1) is 25.5 Å². The summed E-state index contributed by atoms with van der Waals surface area (Å²) in [6.45, 7) is 1.94. The summed E-state index contributed by atoms with van der Waals surface area (Å²) in [5, 5.41) is 5.98. The number of rotatable bonds is 6. The molecule has 0 aliphatic rings. The molecular formula is C22H21N3O4. The Morgan fingerprint density at radius 2 is 1.69 bits per heavy atom. The highest BCUT2D eigenvalue weighted by Crippen LogP contribution is 2.26. The number of hydrogen-bond donors (Lipinski definition) is 2. The first-order valence-corrected chi connectivity index (χ1v) is 8.87. The average molecular weight is 391 g/mol. The number of anilines is 3. The number of carbonyl (C=O) groups is 2. The minimum atomic E-state index is -0.403. The Morgan fingerprint density at radius 3 is 2.38 bits per heavy atom. The number of esters is 1. The van der Waals surface area contributed by atoms with Gasteiger partial charge in [0.15, 0.2) is 0 Å². The van der Waals surface area contributed by atoms with Crippen molar-refractivity contribution in [3.8, 4) is 5.75 Å². The summed E-state index contributed by atoms with van der Waals surface area (Å²) in [7, 11) is 2.89. The second-order valence-corrected chi connectivity index (χ2v) is 6.28. The fourth-order valence-electron chi connectivity index (χ4n) is 2.71. The summed E-state index contributed by atoms with van der Waals surface area (Å²) in [6.07, 6.45) is 1.55. The molecule has 1 amide bonds. The molecule has 0 atom stereocenters. The van der Waals surface area contributed by atoms with Gasteiger partial charge in [-0.1, -0.05) is 6.07 Å². The fourth-order valence-corrected chi connectivity index (χ4v) is 2.71. The number of hydrogen-bond acceptors (Lipinski definition) is 6. The van der Waals surface area contributed by atoms with Crippen molar-refractivity contribution in [1.82, 2.24) is 4.98 Å². The van der Waals surface area contributed by atoms with E-state index in [9.17, 15) is 9.59 Å². The fraction of sp³-hybridized carbons (Fsp3) is 0.136. The van der Waals surface area contributed by atoms with Crippen molar-refractivity contribution in [1.29, 1.82) is 0 Å². The highest BCUT2D eigenvalue weighted by Gasteiger charge is 2.11. The number of aromatic nitrogens is 1. The largest absolute Gasteiger partial charge is 0.495 e. The molecule has 0 saturated heterocycles. The zero-order valence-electron chi connectivity index (χ0n) is 16.4. The standard InChI is InChI=1S/C22H21N3O4/c1-14-4-9-19(28-2)18(12-14)25-21(26)16-10-11-23-20(13-16)24-17-7-5-15(6-8-17)22(27)29-3/h4-13H,1-3H3,(H,23,24)(H,25,26). The van der Waals surface area contributed by atoms with Crippen LogP contribution in [0, 0.1) is 6.92 Å². The third-order valence-corrected chi connectivity index (χ3v) is 4.20. The van der Waals surface area contributed by atoms with E-state index in [1.165, 1.54) is 7.11 Å². The number of nitrogens with zero attached hydrogens (tertiary/aromatic N) is 1. The van der Waals surface area contributed by atoms with E-state index in [4.69, 9.17) is 4.74 Å². The number of carbonyl (C=O) groups excluding carboxylic acids is 2. The van der Waals surface area contributed by atoms with Crippen molar-refractivity contribution in [2.45, 2.75) is 6.92 Å². The first kappa shape index (κ1) is 19.9. The Kier molecular flexibility index (Phi) is 6.09. The van der Waals surface area contributed by atoms with E-state index in [-0.39, 0.29) is 5.91 Å². The molecule has 7 nitrogen and oxygen atoms in total. The van der Waals surface area contributed by atoms with Gasteiger partial charge in [0, 0.05) is 17.4 Å². The lowest BCUT2D eigenvalue weighted by Crippen LogP contribution is -2.13. The molecule has 0 radical (unpaired) electrons. The molecule has 0 aliphatic carbocycles. The molecule has 148 valence electrons. The highest BCUT2D eigenvalue weighted by atomic mass is 16.5. The zero-order chi connectivity index (χ0) is 20.8. The van der Waals surface area contributed by atoms with Gasteiger partial charge in [-0.3, -0.25) is 4.79 Å². The van der Waals surface area contributed by atoms with E-state index in [1.807, 2.05) is 25.1 Å². The number of benzene rings is 2. The highest BCUT2D eigenvalue weighted by molar-refractivity contribution is 6.05. The lowest BCUT2D eigenvalue weighted by atomic mass is 10.2. The van der Waals surface area contributed by atoms with Gasteiger partial charge >= 0.3 is 5.97 Å². The van der Waals surface area contributed by atoms with Crippen molar-refractivity contribution in [3.63, 3.8) is 0 Å². The summed E-state index contributed by atoms with van der Waals surface area (Å²) in [5.41, 5.74) is 3.22. The predicted molar refractivity (Wildman–Crippen MR) is 111 cm³/mol. The maximum absolute atomic E-state index is 12.7.